The Bertz CT molecular complexity index is 213. The minimum absolute atomic E-state index is 0. The van der Waals surface area contributed by atoms with E-state index in [1.54, 1.807) is 0 Å². The molecule has 2 nitrogen and oxygen atoms in total. The van der Waals surface area contributed by atoms with Gasteiger partial charge in [0, 0.05) is 5.69 Å². The first-order valence-electron chi connectivity index (χ1n) is 2.86. The Labute approximate surface area is 76.4 Å². The Morgan fingerprint density at radius 1 is 1.45 bits per heavy atom. The average molecular weight is 194 g/mol. The zero-order valence-electron chi connectivity index (χ0n) is 5.97. The fourth-order valence-electron chi connectivity index (χ4n) is 0.682. The molecule has 11 heavy (non-hydrogen) atoms. The Balaban J connectivity index is 0.000001000. The van der Waals surface area contributed by atoms with Crippen LogP contribution in [0.25, 0.3) is 0 Å². The van der Waals surface area contributed by atoms with Gasteiger partial charge in [-0.05, 0) is 24.6 Å². The molecule has 0 saturated carbocycles. The van der Waals surface area contributed by atoms with Crippen molar-refractivity contribution in [1.82, 2.24) is 0 Å². The number of phenolic OH excluding ortho intramolecular Hbond substituents is 1. The first-order valence-corrected chi connectivity index (χ1v) is 3.23. The van der Waals surface area contributed by atoms with Crippen LogP contribution in [0.15, 0.2) is 12.1 Å². The smallest absolute Gasteiger partial charge is 0.134 e. The molecule has 0 atom stereocenters. The van der Waals surface area contributed by atoms with Crippen molar-refractivity contribution in [3.05, 3.63) is 22.7 Å². The number of aryl methyl sites for hydroxylation is 1. The number of aromatic hydroxyl groups is 1. The third-order valence-electron chi connectivity index (χ3n) is 1.34. The molecule has 0 bridgehead atoms. The molecule has 1 aromatic carbocycles. The minimum Gasteiger partial charge on any atom is -0.506 e. The van der Waals surface area contributed by atoms with Gasteiger partial charge in [0.05, 0.1) is 5.02 Å². The number of nitrogens with two attached hydrogens (primary N) is 1. The van der Waals surface area contributed by atoms with Crippen molar-refractivity contribution in [2.75, 3.05) is 5.73 Å². The molecule has 0 aliphatic rings. The maximum atomic E-state index is 9.04. The van der Waals surface area contributed by atoms with Gasteiger partial charge in [-0.3, -0.25) is 0 Å². The van der Waals surface area contributed by atoms with Gasteiger partial charge in [-0.25, -0.2) is 0 Å². The molecule has 3 N–H and O–H groups in total. The lowest BCUT2D eigenvalue weighted by atomic mass is 10.2. The highest BCUT2D eigenvalue weighted by atomic mass is 35.5. The van der Waals surface area contributed by atoms with E-state index in [9.17, 15) is 0 Å². The van der Waals surface area contributed by atoms with E-state index >= 15 is 0 Å². The number of anilines is 1. The highest BCUT2D eigenvalue weighted by molar-refractivity contribution is 6.32. The summed E-state index contributed by atoms with van der Waals surface area (Å²) in [5.41, 5.74) is 6.93. The van der Waals surface area contributed by atoms with E-state index in [4.69, 9.17) is 22.4 Å². The molecule has 0 aromatic heterocycles. The summed E-state index contributed by atoms with van der Waals surface area (Å²) in [5, 5.41) is 9.33. The van der Waals surface area contributed by atoms with Crippen molar-refractivity contribution in [1.29, 1.82) is 0 Å². The van der Waals surface area contributed by atoms with Gasteiger partial charge in [0.15, 0.2) is 0 Å². The topological polar surface area (TPSA) is 46.2 Å². The van der Waals surface area contributed by atoms with Crippen molar-refractivity contribution < 1.29 is 5.11 Å². The molecule has 0 amide bonds. The summed E-state index contributed by atoms with van der Waals surface area (Å²) in [6.45, 7) is 1.81. The standard InChI is InChI=1S/C7H8ClNO.ClH/c1-4-2-7(10)5(8)3-6(4)9;/h2-3,10H,9H2,1H3;1H. The second-order valence-corrected chi connectivity index (χ2v) is 2.57. The summed E-state index contributed by atoms with van der Waals surface area (Å²) in [7, 11) is 0. The summed E-state index contributed by atoms with van der Waals surface area (Å²) in [4.78, 5) is 0. The van der Waals surface area contributed by atoms with Crippen LogP contribution < -0.4 is 5.73 Å². The van der Waals surface area contributed by atoms with Gasteiger partial charge >= 0.3 is 0 Å². The first kappa shape index (κ1) is 10.4. The number of phenols is 1. The summed E-state index contributed by atoms with van der Waals surface area (Å²) in [5.74, 6) is 0.0772. The SMILES string of the molecule is Cc1cc(O)c(Cl)cc1N.Cl. The Morgan fingerprint density at radius 2 is 2.00 bits per heavy atom. The summed E-state index contributed by atoms with van der Waals surface area (Å²) >= 11 is 5.56. The lowest BCUT2D eigenvalue weighted by Crippen LogP contribution is -1.88. The van der Waals surface area contributed by atoms with Gasteiger partial charge in [0.1, 0.15) is 5.75 Å². The fourth-order valence-corrected chi connectivity index (χ4v) is 0.854. The van der Waals surface area contributed by atoms with Crippen molar-refractivity contribution in [3.8, 4) is 5.75 Å². The number of halogens is 2. The molecule has 1 aromatic rings. The molecule has 0 radical (unpaired) electrons. The van der Waals surface area contributed by atoms with Crippen LogP contribution in [0, 0.1) is 6.92 Å². The van der Waals surface area contributed by atoms with Crippen LogP contribution >= 0.6 is 24.0 Å². The zero-order valence-corrected chi connectivity index (χ0v) is 7.54. The van der Waals surface area contributed by atoms with Crippen LogP contribution in [0.2, 0.25) is 5.02 Å². The monoisotopic (exact) mass is 193 g/mol. The maximum absolute atomic E-state index is 9.04. The van der Waals surface area contributed by atoms with E-state index in [2.05, 4.69) is 0 Å². The number of nitrogen functional groups attached to an aromatic ring is 1. The van der Waals surface area contributed by atoms with Gasteiger partial charge in [-0.1, -0.05) is 11.6 Å². The largest absolute Gasteiger partial charge is 0.506 e. The number of benzene rings is 1. The highest BCUT2D eigenvalue weighted by Gasteiger charge is 2.00. The number of hydrogen-bond acceptors (Lipinski definition) is 2. The van der Waals surface area contributed by atoms with E-state index in [-0.39, 0.29) is 18.2 Å². The second kappa shape index (κ2) is 3.69. The molecule has 0 saturated heterocycles. The first-order chi connectivity index (χ1) is 4.61. The predicted molar refractivity (Wildman–Crippen MR) is 49.5 cm³/mol. The van der Waals surface area contributed by atoms with Crippen LogP contribution in [0.4, 0.5) is 5.69 Å². The molecule has 4 heteroatoms. The van der Waals surface area contributed by atoms with Crippen molar-refractivity contribution in [2.24, 2.45) is 0 Å². The summed E-state index contributed by atoms with van der Waals surface area (Å²) in [6, 6.07) is 3.07. The molecule has 0 aliphatic heterocycles. The van der Waals surface area contributed by atoms with E-state index in [0.717, 1.165) is 5.56 Å². The third-order valence-corrected chi connectivity index (χ3v) is 1.64. The quantitative estimate of drug-likeness (QED) is 0.491. The summed E-state index contributed by atoms with van der Waals surface area (Å²) in [6.07, 6.45) is 0. The van der Waals surface area contributed by atoms with Crippen LogP contribution in [0.3, 0.4) is 0 Å². The Kier molecular flexibility index (Phi) is 3.49. The van der Waals surface area contributed by atoms with Crippen LogP contribution in [0.1, 0.15) is 5.56 Å². The predicted octanol–water partition coefficient (Wildman–Crippen LogP) is 2.36. The van der Waals surface area contributed by atoms with Gasteiger partial charge in [0.25, 0.3) is 0 Å². The van der Waals surface area contributed by atoms with Crippen molar-refractivity contribution in [2.45, 2.75) is 6.92 Å². The van der Waals surface area contributed by atoms with Crippen LogP contribution in [0.5, 0.6) is 5.75 Å². The van der Waals surface area contributed by atoms with Crippen molar-refractivity contribution in [3.63, 3.8) is 0 Å². The molecule has 62 valence electrons. The maximum Gasteiger partial charge on any atom is 0.134 e. The molecular weight excluding hydrogens is 185 g/mol. The molecule has 0 heterocycles. The minimum atomic E-state index is 0. The average Bonchev–Trinajstić information content (AvgIpc) is 1.84. The Morgan fingerprint density at radius 3 is 2.45 bits per heavy atom. The second-order valence-electron chi connectivity index (χ2n) is 2.16. The van der Waals surface area contributed by atoms with Crippen LogP contribution in [-0.4, -0.2) is 5.11 Å². The third kappa shape index (κ3) is 2.17. The van der Waals surface area contributed by atoms with Gasteiger partial charge in [-0.2, -0.15) is 0 Å². The van der Waals surface area contributed by atoms with Crippen molar-refractivity contribution >= 4 is 29.7 Å². The van der Waals surface area contributed by atoms with E-state index in [1.807, 2.05) is 6.92 Å². The molecule has 0 spiro atoms. The normalized spacial score (nSPS) is 8.91. The lowest BCUT2D eigenvalue weighted by Gasteiger charge is -2.01. The van der Waals surface area contributed by atoms with Gasteiger partial charge < -0.3 is 10.8 Å². The van der Waals surface area contributed by atoms with E-state index in [1.165, 1.54) is 12.1 Å². The molecule has 1 rings (SSSR count). The van der Waals surface area contributed by atoms with E-state index < -0.39 is 0 Å². The molecule has 0 aliphatic carbocycles. The fraction of sp³-hybridized carbons (Fsp3) is 0.143. The van der Waals surface area contributed by atoms with Gasteiger partial charge in [-0.15, -0.1) is 12.4 Å². The molecular formula is C7H9Cl2NO. The zero-order chi connectivity index (χ0) is 7.72. The number of rotatable bonds is 0. The van der Waals surface area contributed by atoms with Crippen LogP contribution in [-0.2, 0) is 0 Å². The van der Waals surface area contributed by atoms with E-state index in [0.29, 0.717) is 10.7 Å². The highest BCUT2D eigenvalue weighted by Crippen LogP contribution is 2.27. The lowest BCUT2D eigenvalue weighted by molar-refractivity contribution is 0.475. The summed E-state index contributed by atoms with van der Waals surface area (Å²) < 4.78 is 0. The number of hydrogen-bond donors (Lipinski definition) is 2. The molecule has 0 unspecified atom stereocenters. The van der Waals surface area contributed by atoms with Gasteiger partial charge in [0.2, 0.25) is 0 Å². The Hall–Kier alpha value is -0.600. The molecule has 0 fully saturated rings.